The molecule has 0 spiro atoms. The summed E-state index contributed by atoms with van der Waals surface area (Å²) in [7, 11) is 0. The minimum absolute atomic E-state index is 0.216. The molecule has 1 heterocycles. The molecular weight excluding hydrogens is 182 g/mol. The topological polar surface area (TPSA) is 51.5 Å². The molecule has 4 heteroatoms. The highest BCUT2D eigenvalue weighted by atomic mass is 16.5. The van der Waals surface area contributed by atoms with Crippen LogP contribution in [0.4, 0.5) is 0 Å². The highest BCUT2D eigenvalue weighted by molar-refractivity contribution is 5.71. The second-order valence-electron chi connectivity index (χ2n) is 2.81. The Morgan fingerprint density at radius 3 is 3.14 bits per heavy atom. The van der Waals surface area contributed by atoms with Gasteiger partial charge in [0.15, 0.2) is 0 Å². The largest absolute Gasteiger partial charge is 0.469 e. The van der Waals surface area contributed by atoms with E-state index in [1.807, 2.05) is 12.1 Å². The Hall–Kier alpha value is -1.29. The van der Waals surface area contributed by atoms with Gasteiger partial charge in [-0.05, 0) is 19.1 Å². The van der Waals surface area contributed by atoms with Crippen LogP contribution in [0.2, 0.25) is 0 Å². The van der Waals surface area contributed by atoms with Crippen molar-refractivity contribution >= 4 is 5.97 Å². The van der Waals surface area contributed by atoms with E-state index in [1.165, 1.54) is 0 Å². The molecule has 0 amide bonds. The van der Waals surface area contributed by atoms with Crippen molar-refractivity contribution in [2.24, 2.45) is 0 Å². The summed E-state index contributed by atoms with van der Waals surface area (Å²) in [4.78, 5) is 10.9. The number of furan rings is 1. The quantitative estimate of drug-likeness (QED) is 0.545. The van der Waals surface area contributed by atoms with E-state index in [1.54, 1.807) is 13.2 Å². The summed E-state index contributed by atoms with van der Waals surface area (Å²) < 4.78 is 9.89. The average molecular weight is 197 g/mol. The van der Waals surface area contributed by atoms with Crippen LogP contribution in [0.5, 0.6) is 0 Å². The first-order chi connectivity index (χ1) is 6.83. The van der Waals surface area contributed by atoms with Gasteiger partial charge in [0, 0.05) is 13.0 Å². The van der Waals surface area contributed by atoms with Gasteiger partial charge in [-0.1, -0.05) is 0 Å². The Kier molecular flexibility index (Phi) is 4.78. The lowest BCUT2D eigenvalue weighted by atomic mass is 10.3. The first-order valence-electron chi connectivity index (χ1n) is 4.71. The SMILES string of the molecule is CCOC(=O)CNCCc1ccco1. The van der Waals surface area contributed by atoms with Crippen molar-refractivity contribution in [2.75, 3.05) is 19.7 Å². The van der Waals surface area contributed by atoms with Crippen molar-refractivity contribution in [3.05, 3.63) is 24.2 Å². The molecule has 1 N–H and O–H groups in total. The van der Waals surface area contributed by atoms with Crippen LogP contribution in [0, 0.1) is 0 Å². The van der Waals surface area contributed by atoms with Gasteiger partial charge in [-0.2, -0.15) is 0 Å². The number of hydrogen-bond acceptors (Lipinski definition) is 4. The molecule has 1 aromatic rings. The van der Waals surface area contributed by atoms with Crippen molar-refractivity contribution in [3.63, 3.8) is 0 Å². The van der Waals surface area contributed by atoms with Crippen molar-refractivity contribution in [1.82, 2.24) is 5.32 Å². The molecule has 0 aliphatic rings. The van der Waals surface area contributed by atoms with Crippen LogP contribution in [0.15, 0.2) is 22.8 Å². The van der Waals surface area contributed by atoms with Gasteiger partial charge in [0.05, 0.1) is 19.4 Å². The predicted molar refractivity (Wildman–Crippen MR) is 51.9 cm³/mol. The third-order valence-corrected chi connectivity index (χ3v) is 1.70. The highest BCUT2D eigenvalue weighted by Crippen LogP contribution is 1.99. The second kappa shape index (κ2) is 6.21. The molecule has 0 aliphatic heterocycles. The maximum absolute atomic E-state index is 10.9. The fraction of sp³-hybridized carbons (Fsp3) is 0.500. The molecule has 0 saturated carbocycles. The Morgan fingerprint density at radius 2 is 2.50 bits per heavy atom. The Balaban J connectivity index is 2.02. The van der Waals surface area contributed by atoms with Crippen molar-refractivity contribution in [3.8, 4) is 0 Å². The average Bonchev–Trinajstić information content (AvgIpc) is 2.65. The molecule has 78 valence electrons. The number of hydrogen-bond donors (Lipinski definition) is 1. The molecule has 14 heavy (non-hydrogen) atoms. The molecule has 1 rings (SSSR count). The molecule has 0 aromatic carbocycles. The van der Waals surface area contributed by atoms with E-state index < -0.39 is 0 Å². The normalized spacial score (nSPS) is 10.1. The summed E-state index contributed by atoms with van der Waals surface area (Å²) >= 11 is 0. The summed E-state index contributed by atoms with van der Waals surface area (Å²) in [6.45, 7) is 3.19. The molecule has 1 aromatic heterocycles. The molecule has 0 saturated heterocycles. The van der Waals surface area contributed by atoms with Crippen LogP contribution in [-0.2, 0) is 16.0 Å². The van der Waals surface area contributed by atoms with Gasteiger partial charge in [-0.25, -0.2) is 0 Å². The Bertz CT molecular complexity index is 256. The zero-order valence-corrected chi connectivity index (χ0v) is 8.29. The van der Waals surface area contributed by atoms with E-state index >= 15 is 0 Å². The number of esters is 1. The van der Waals surface area contributed by atoms with Gasteiger partial charge < -0.3 is 14.5 Å². The summed E-state index contributed by atoms with van der Waals surface area (Å²) in [5, 5.41) is 2.97. The van der Waals surface area contributed by atoms with Crippen LogP contribution in [0.25, 0.3) is 0 Å². The summed E-state index contributed by atoms with van der Waals surface area (Å²) in [6.07, 6.45) is 2.42. The smallest absolute Gasteiger partial charge is 0.319 e. The van der Waals surface area contributed by atoms with Gasteiger partial charge in [-0.3, -0.25) is 4.79 Å². The van der Waals surface area contributed by atoms with Gasteiger partial charge in [0.25, 0.3) is 0 Å². The predicted octanol–water partition coefficient (Wildman–Crippen LogP) is 0.975. The number of carbonyl (C=O) groups excluding carboxylic acids is 1. The number of nitrogens with one attached hydrogen (secondary N) is 1. The van der Waals surface area contributed by atoms with E-state index in [2.05, 4.69) is 5.32 Å². The lowest BCUT2D eigenvalue weighted by molar-refractivity contribution is -0.141. The zero-order chi connectivity index (χ0) is 10.2. The van der Waals surface area contributed by atoms with Crippen molar-refractivity contribution < 1.29 is 13.9 Å². The van der Waals surface area contributed by atoms with E-state index in [0.29, 0.717) is 13.2 Å². The van der Waals surface area contributed by atoms with Crippen molar-refractivity contribution in [1.29, 1.82) is 0 Å². The molecule has 0 unspecified atom stereocenters. The molecule has 0 fully saturated rings. The van der Waals surface area contributed by atoms with E-state index in [4.69, 9.17) is 9.15 Å². The number of rotatable bonds is 6. The first kappa shape index (κ1) is 10.8. The molecule has 0 aliphatic carbocycles. The molecule has 4 nitrogen and oxygen atoms in total. The van der Waals surface area contributed by atoms with Gasteiger partial charge >= 0.3 is 5.97 Å². The molecule has 0 atom stereocenters. The summed E-state index contributed by atoms with van der Waals surface area (Å²) in [5.41, 5.74) is 0. The minimum atomic E-state index is -0.216. The maximum atomic E-state index is 10.9. The van der Waals surface area contributed by atoms with E-state index in [0.717, 1.165) is 12.2 Å². The minimum Gasteiger partial charge on any atom is -0.469 e. The Labute approximate surface area is 83.2 Å². The summed E-state index contributed by atoms with van der Waals surface area (Å²) in [5.74, 6) is 0.702. The van der Waals surface area contributed by atoms with Crippen LogP contribution in [0.1, 0.15) is 12.7 Å². The maximum Gasteiger partial charge on any atom is 0.319 e. The zero-order valence-electron chi connectivity index (χ0n) is 8.29. The van der Waals surface area contributed by atoms with E-state index in [-0.39, 0.29) is 12.5 Å². The van der Waals surface area contributed by atoms with Gasteiger partial charge in [0.1, 0.15) is 5.76 Å². The standard InChI is InChI=1S/C10H15NO3/c1-2-13-10(12)8-11-6-5-9-4-3-7-14-9/h3-4,7,11H,2,5-6,8H2,1H3. The third-order valence-electron chi connectivity index (χ3n) is 1.70. The Morgan fingerprint density at radius 1 is 1.64 bits per heavy atom. The number of ether oxygens (including phenoxy) is 1. The fourth-order valence-corrected chi connectivity index (χ4v) is 1.07. The molecule has 0 radical (unpaired) electrons. The van der Waals surface area contributed by atoms with E-state index in [9.17, 15) is 4.79 Å². The third kappa shape index (κ3) is 4.09. The number of carbonyl (C=O) groups is 1. The lowest BCUT2D eigenvalue weighted by Gasteiger charge is -2.02. The molecular formula is C10H15NO3. The highest BCUT2D eigenvalue weighted by Gasteiger charge is 2.00. The van der Waals surface area contributed by atoms with Crippen LogP contribution < -0.4 is 5.32 Å². The fourth-order valence-electron chi connectivity index (χ4n) is 1.07. The molecule has 0 bridgehead atoms. The lowest BCUT2D eigenvalue weighted by Crippen LogP contribution is -2.26. The summed E-state index contributed by atoms with van der Waals surface area (Å²) in [6, 6.07) is 3.76. The first-order valence-corrected chi connectivity index (χ1v) is 4.71. The van der Waals surface area contributed by atoms with Crippen LogP contribution >= 0.6 is 0 Å². The van der Waals surface area contributed by atoms with Crippen LogP contribution in [0.3, 0.4) is 0 Å². The van der Waals surface area contributed by atoms with Crippen molar-refractivity contribution in [2.45, 2.75) is 13.3 Å². The van der Waals surface area contributed by atoms with Gasteiger partial charge in [0.2, 0.25) is 0 Å². The monoisotopic (exact) mass is 197 g/mol. The van der Waals surface area contributed by atoms with Gasteiger partial charge in [-0.15, -0.1) is 0 Å². The second-order valence-corrected chi connectivity index (χ2v) is 2.81. The van der Waals surface area contributed by atoms with Crippen LogP contribution in [-0.4, -0.2) is 25.7 Å².